The van der Waals surface area contributed by atoms with Crippen LogP contribution < -0.4 is 14.9 Å². The van der Waals surface area contributed by atoms with Gasteiger partial charge in [0.1, 0.15) is 0 Å². The van der Waals surface area contributed by atoms with Gasteiger partial charge in [-0.2, -0.15) is 5.10 Å². The second-order valence-corrected chi connectivity index (χ2v) is 4.27. The quantitative estimate of drug-likeness (QED) is 0.476. The van der Waals surface area contributed by atoms with Crippen LogP contribution in [0.1, 0.15) is 5.56 Å². The maximum absolute atomic E-state index is 10.9. The first-order valence-corrected chi connectivity index (χ1v) is 6.40. The minimum Gasteiger partial charge on any atom is -0.502 e. The molecule has 9 heteroatoms. The summed E-state index contributed by atoms with van der Waals surface area (Å²) in [7, 11) is 2.82. The van der Waals surface area contributed by atoms with Crippen molar-refractivity contribution in [1.29, 1.82) is 0 Å². The van der Waals surface area contributed by atoms with Crippen LogP contribution in [-0.2, 0) is 0 Å². The Kier molecular flexibility index (Phi) is 4.92. The van der Waals surface area contributed by atoms with Crippen molar-refractivity contribution in [2.75, 3.05) is 19.6 Å². The zero-order valence-electron chi connectivity index (χ0n) is 12.4. The smallest absolute Gasteiger partial charge is 0.313 e. The predicted octanol–water partition coefficient (Wildman–Crippen LogP) is 2.16. The lowest BCUT2D eigenvalue weighted by molar-refractivity contribution is -0.384. The fraction of sp³-hybridized carbons (Fsp3) is 0.143. The second-order valence-electron chi connectivity index (χ2n) is 4.27. The molecule has 0 saturated carbocycles. The molecule has 0 radical (unpaired) electrons. The maximum atomic E-state index is 10.9. The van der Waals surface area contributed by atoms with Crippen LogP contribution in [0.25, 0.3) is 0 Å². The van der Waals surface area contributed by atoms with Gasteiger partial charge >= 0.3 is 5.69 Å². The third kappa shape index (κ3) is 3.64. The molecule has 0 bridgehead atoms. The van der Waals surface area contributed by atoms with E-state index < -0.39 is 4.92 Å². The van der Waals surface area contributed by atoms with Gasteiger partial charge in [0.25, 0.3) is 0 Å². The number of anilines is 1. The van der Waals surface area contributed by atoms with Crippen molar-refractivity contribution in [3.8, 4) is 17.2 Å². The molecule has 0 fully saturated rings. The number of nitrogens with zero attached hydrogens (tertiary/aromatic N) is 3. The molecule has 1 aromatic heterocycles. The van der Waals surface area contributed by atoms with Gasteiger partial charge in [0.2, 0.25) is 11.6 Å². The number of nitro groups is 1. The standard InChI is InChI=1S/C14H14N4O5/c1-22-11-6-9(7-12(23-2)13(11)19)8-16-17-14-10(18(20)21)4-3-5-15-14/h3-8,19H,1-2H3,(H,15,17)/b16-8-. The summed E-state index contributed by atoms with van der Waals surface area (Å²) in [6, 6.07) is 5.85. The topological polar surface area (TPSA) is 119 Å². The first-order chi connectivity index (χ1) is 11.1. The van der Waals surface area contributed by atoms with Crippen molar-refractivity contribution in [1.82, 2.24) is 4.98 Å². The third-order valence-corrected chi connectivity index (χ3v) is 2.87. The average Bonchev–Trinajstić information content (AvgIpc) is 2.56. The second kappa shape index (κ2) is 7.07. The van der Waals surface area contributed by atoms with E-state index in [4.69, 9.17) is 9.47 Å². The monoisotopic (exact) mass is 318 g/mol. The number of hydrogen-bond acceptors (Lipinski definition) is 8. The van der Waals surface area contributed by atoms with E-state index in [0.717, 1.165) is 0 Å². The summed E-state index contributed by atoms with van der Waals surface area (Å²) in [4.78, 5) is 14.2. The van der Waals surface area contributed by atoms with Gasteiger partial charge in [0.15, 0.2) is 11.5 Å². The molecular weight excluding hydrogens is 304 g/mol. The van der Waals surface area contributed by atoms with Gasteiger partial charge in [-0.3, -0.25) is 15.5 Å². The summed E-state index contributed by atoms with van der Waals surface area (Å²) in [5.41, 5.74) is 2.87. The number of aromatic hydroxyl groups is 1. The number of phenols is 1. The lowest BCUT2D eigenvalue weighted by Gasteiger charge is -2.09. The van der Waals surface area contributed by atoms with Gasteiger partial charge in [-0.1, -0.05) is 0 Å². The van der Waals surface area contributed by atoms with E-state index >= 15 is 0 Å². The van der Waals surface area contributed by atoms with E-state index in [0.29, 0.717) is 5.56 Å². The third-order valence-electron chi connectivity index (χ3n) is 2.87. The first-order valence-electron chi connectivity index (χ1n) is 6.40. The van der Waals surface area contributed by atoms with E-state index in [-0.39, 0.29) is 28.8 Å². The predicted molar refractivity (Wildman–Crippen MR) is 83.3 cm³/mol. The molecule has 0 unspecified atom stereocenters. The van der Waals surface area contributed by atoms with E-state index in [1.807, 2.05) is 0 Å². The van der Waals surface area contributed by atoms with Gasteiger partial charge in [0, 0.05) is 17.8 Å². The molecule has 0 aliphatic carbocycles. The molecule has 0 spiro atoms. The molecule has 1 heterocycles. The van der Waals surface area contributed by atoms with Crippen molar-refractivity contribution in [3.05, 3.63) is 46.1 Å². The molecule has 0 aliphatic heterocycles. The van der Waals surface area contributed by atoms with E-state index in [9.17, 15) is 15.2 Å². The summed E-state index contributed by atoms with van der Waals surface area (Å²) in [5.74, 6) is 0.330. The van der Waals surface area contributed by atoms with Crippen molar-refractivity contribution >= 4 is 17.7 Å². The number of ether oxygens (including phenoxy) is 2. The minimum absolute atomic E-state index is 0.0199. The Morgan fingerprint density at radius 1 is 1.35 bits per heavy atom. The Hall–Kier alpha value is -3.36. The Morgan fingerprint density at radius 2 is 2.00 bits per heavy atom. The maximum Gasteiger partial charge on any atom is 0.313 e. The van der Waals surface area contributed by atoms with Crippen LogP contribution in [0.5, 0.6) is 17.2 Å². The summed E-state index contributed by atoms with van der Waals surface area (Å²) in [5, 5.41) is 24.6. The molecule has 0 saturated heterocycles. The SMILES string of the molecule is COc1cc(/C=N\Nc2ncccc2[N+](=O)[O-])cc(OC)c1O. The number of pyridine rings is 1. The van der Waals surface area contributed by atoms with Crippen molar-refractivity contribution in [2.45, 2.75) is 0 Å². The normalized spacial score (nSPS) is 10.5. The van der Waals surface area contributed by atoms with E-state index in [1.165, 1.54) is 50.9 Å². The lowest BCUT2D eigenvalue weighted by Crippen LogP contribution is -1.99. The largest absolute Gasteiger partial charge is 0.502 e. The Bertz CT molecular complexity index is 723. The zero-order valence-corrected chi connectivity index (χ0v) is 12.4. The Labute approximate surface area is 131 Å². The molecule has 0 aliphatic rings. The highest BCUT2D eigenvalue weighted by molar-refractivity contribution is 5.83. The molecule has 2 N–H and O–H groups in total. The molecule has 120 valence electrons. The average molecular weight is 318 g/mol. The van der Waals surface area contributed by atoms with Crippen LogP contribution in [0.3, 0.4) is 0 Å². The number of hydrazone groups is 1. The fourth-order valence-electron chi connectivity index (χ4n) is 1.79. The highest BCUT2D eigenvalue weighted by atomic mass is 16.6. The first kappa shape index (κ1) is 16.0. The van der Waals surface area contributed by atoms with Crippen LogP contribution in [0.2, 0.25) is 0 Å². The summed E-state index contributed by atoms with van der Waals surface area (Å²) in [6.07, 6.45) is 2.81. The number of nitrogens with one attached hydrogen (secondary N) is 1. The molecule has 9 nitrogen and oxygen atoms in total. The number of benzene rings is 1. The van der Waals surface area contributed by atoms with E-state index in [2.05, 4.69) is 15.5 Å². The van der Waals surface area contributed by atoms with Gasteiger partial charge in [0.05, 0.1) is 25.4 Å². The highest BCUT2D eigenvalue weighted by Gasteiger charge is 2.13. The van der Waals surface area contributed by atoms with Gasteiger partial charge < -0.3 is 14.6 Å². The highest BCUT2D eigenvalue weighted by Crippen LogP contribution is 2.36. The van der Waals surface area contributed by atoms with Crippen LogP contribution >= 0.6 is 0 Å². The number of rotatable bonds is 6. The Morgan fingerprint density at radius 3 is 2.57 bits per heavy atom. The molecule has 1 aromatic carbocycles. The number of methoxy groups -OCH3 is 2. The summed E-state index contributed by atoms with van der Waals surface area (Å²) >= 11 is 0. The van der Waals surface area contributed by atoms with Crippen LogP contribution in [0.15, 0.2) is 35.6 Å². The number of phenolic OH excluding ortho intramolecular Hbond substituents is 1. The van der Waals surface area contributed by atoms with E-state index in [1.54, 1.807) is 0 Å². The van der Waals surface area contributed by atoms with Crippen molar-refractivity contribution < 1.29 is 19.5 Å². The lowest BCUT2D eigenvalue weighted by atomic mass is 10.2. The molecule has 23 heavy (non-hydrogen) atoms. The fourth-order valence-corrected chi connectivity index (χ4v) is 1.79. The van der Waals surface area contributed by atoms with Gasteiger partial charge in [-0.25, -0.2) is 4.98 Å². The Balaban J connectivity index is 2.23. The molecular formula is C14H14N4O5. The van der Waals surface area contributed by atoms with Crippen LogP contribution in [0.4, 0.5) is 11.5 Å². The van der Waals surface area contributed by atoms with Gasteiger partial charge in [-0.05, 0) is 18.2 Å². The summed E-state index contributed by atoms with van der Waals surface area (Å²) in [6.45, 7) is 0. The summed E-state index contributed by atoms with van der Waals surface area (Å²) < 4.78 is 10.1. The molecule has 2 aromatic rings. The number of aromatic nitrogens is 1. The zero-order chi connectivity index (χ0) is 16.8. The van der Waals surface area contributed by atoms with Crippen molar-refractivity contribution in [2.24, 2.45) is 5.10 Å². The minimum atomic E-state index is -0.558. The number of hydrogen-bond donors (Lipinski definition) is 2. The van der Waals surface area contributed by atoms with Crippen LogP contribution in [-0.4, -0.2) is 35.4 Å². The van der Waals surface area contributed by atoms with Gasteiger partial charge in [-0.15, -0.1) is 0 Å². The molecule has 0 amide bonds. The molecule has 0 atom stereocenters. The molecule has 2 rings (SSSR count). The van der Waals surface area contributed by atoms with Crippen LogP contribution in [0, 0.1) is 10.1 Å². The van der Waals surface area contributed by atoms with Crippen molar-refractivity contribution in [3.63, 3.8) is 0 Å².